The van der Waals surface area contributed by atoms with Crippen LogP contribution in [0.5, 0.6) is 11.5 Å². The zero-order valence-electron chi connectivity index (χ0n) is 23.7. The SMILES string of the molecule is COc1ccccc1COOS(C)(=O)=O.COc1ccccc1N1CCN(CCCOC(=O)c2ccccc2)CC1. The molecule has 0 aromatic heterocycles. The fourth-order valence-electron chi connectivity index (χ4n) is 4.21. The third kappa shape index (κ3) is 11.0. The first-order valence-electron chi connectivity index (χ1n) is 13.3. The maximum Gasteiger partial charge on any atom is 0.338 e. The van der Waals surface area contributed by atoms with Crippen LogP contribution >= 0.6 is 0 Å². The maximum atomic E-state index is 11.9. The standard InChI is InChI=1S/C21H26N2O3.C9H12O5S/c1-25-20-11-6-5-10-19(20)23-15-13-22(14-16-23)12-7-17-26-21(24)18-8-3-2-4-9-18;1-12-9-6-4-3-5-8(9)7-13-14-15(2,10)11/h2-6,8-11H,7,12-17H2,1H3;3-6H,7H2,1-2H3. The molecule has 1 aliphatic rings. The zero-order valence-corrected chi connectivity index (χ0v) is 24.5. The van der Waals surface area contributed by atoms with Crippen molar-refractivity contribution in [2.24, 2.45) is 0 Å². The van der Waals surface area contributed by atoms with Crippen molar-refractivity contribution in [3.8, 4) is 11.5 Å². The van der Waals surface area contributed by atoms with Gasteiger partial charge in [0.25, 0.3) is 10.1 Å². The molecule has 222 valence electrons. The Kier molecular flexibility index (Phi) is 12.9. The van der Waals surface area contributed by atoms with Gasteiger partial charge in [0.05, 0.1) is 38.3 Å². The minimum absolute atomic E-state index is 0.0110. The predicted molar refractivity (Wildman–Crippen MR) is 157 cm³/mol. The lowest BCUT2D eigenvalue weighted by Crippen LogP contribution is -2.46. The largest absolute Gasteiger partial charge is 0.496 e. The Morgan fingerprint density at radius 2 is 1.41 bits per heavy atom. The Hall–Kier alpha value is -3.64. The van der Waals surface area contributed by atoms with Crippen LogP contribution in [0, 0.1) is 0 Å². The van der Waals surface area contributed by atoms with E-state index in [1.807, 2.05) is 36.4 Å². The van der Waals surface area contributed by atoms with Crippen LogP contribution in [0.25, 0.3) is 0 Å². The van der Waals surface area contributed by atoms with Crippen molar-refractivity contribution in [2.45, 2.75) is 13.0 Å². The number of hydrogen-bond donors (Lipinski definition) is 0. The normalized spacial score (nSPS) is 13.6. The Bertz CT molecular complexity index is 1310. The monoisotopic (exact) mass is 586 g/mol. The van der Waals surface area contributed by atoms with Gasteiger partial charge in [-0.2, -0.15) is 8.42 Å². The lowest BCUT2D eigenvalue weighted by atomic mass is 10.2. The highest BCUT2D eigenvalue weighted by Crippen LogP contribution is 2.28. The van der Waals surface area contributed by atoms with E-state index in [2.05, 4.69) is 25.1 Å². The summed E-state index contributed by atoms with van der Waals surface area (Å²) in [5.74, 6) is 1.30. The van der Waals surface area contributed by atoms with Crippen LogP contribution in [0.3, 0.4) is 0 Å². The van der Waals surface area contributed by atoms with Crippen molar-refractivity contribution in [1.82, 2.24) is 4.90 Å². The van der Waals surface area contributed by atoms with E-state index in [4.69, 9.17) is 14.2 Å². The third-order valence-corrected chi connectivity index (χ3v) is 6.58. The van der Waals surface area contributed by atoms with E-state index in [0.717, 1.165) is 56.8 Å². The van der Waals surface area contributed by atoms with Gasteiger partial charge in [0.2, 0.25) is 0 Å². The summed E-state index contributed by atoms with van der Waals surface area (Å²) < 4.78 is 41.2. The summed E-state index contributed by atoms with van der Waals surface area (Å²) in [6.45, 7) is 5.38. The van der Waals surface area contributed by atoms with Gasteiger partial charge in [-0.25, -0.2) is 9.68 Å². The lowest BCUT2D eigenvalue weighted by Gasteiger charge is -2.36. The minimum atomic E-state index is -3.58. The molecule has 0 amide bonds. The van der Waals surface area contributed by atoms with E-state index >= 15 is 0 Å². The molecule has 0 unspecified atom stereocenters. The first-order chi connectivity index (χ1) is 19.8. The Labute approximate surface area is 242 Å². The van der Waals surface area contributed by atoms with E-state index in [1.54, 1.807) is 43.5 Å². The zero-order chi connectivity index (χ0) is 29.5. The summed E-state index contributed by atoms with van der Waals surface area (Å²) in [7, 11) is -0.339. The highest BCUT2D eigenvalue weighted by molar-refractivity contribution is 7.85. The van der Waals surface area contributed by atoms with Crippen LogP contribution in [0.2, 0.25) is 0 Å². The van der Waals surface area contributed by atoms with Crippen LogP contribution < -0.4 is 14.4 Å². The number of hydrogen-bond acceptors (Lipinski definition) is 10. The number of benzene rings is 3. The van der Waals surface area contributed by atoms with Gasteiger partial charge >= 0.3 is 5.97 Å². The summed E-state index contributed by atoms with van der Waals surface area (Å²) in [5, 5.41) is 0. The molecule has 0 bridgehead atoms. The smallest absolute Gasteiger partial charge is 0.338 e. The number of carbonyl (C=O) groups is 1. The average Bonchev–Trinajstić information content (AvgIpc) is 3.00. The lowest BCUT2D eigenvalue weighted by molar-refractivity contribution is -0.212. The average molecular weight is 587 g/mol. The molecule has 0 aliphatic carbocycles. The molecule has 0 atom stereocenters. The van der Waals surface area contributed by atoms with E-state index in [0.29, 0.717) is 23.5 Å². The van der Waals surface area contributed by atoms with Crippen LogP contribution in [-0.2, 0) is 30.7 Å². The number of esters is 1. The molecule has 0 N–H and O–H groups in total. The maximum absolute atomic E-state index is 11.9. The molecule has 1 aliphatic heterocycles. The number of nitrogens with zero attached hydrogens (tertiary/aromatic N) is 2. The fraction of sp³-hybridized carbons (Fsp3) is 0.367. The molecule has 0 radical (unpaired) electrons. The summed E-state index contributed by atoms with van der Waals surface area (Å²) in [6.07, 6.45) is 1.77. The Morgan fingerprint density at radius 1 is 0.805 bits per heavy atom. The topological polar surface area (TPSA) is 104 Å². The molecule has 1 fully saturated rings. The number of methoxy groups -OCH3 is 2. The molecule has 3 aromatic carbocycles. The fourth-order valence-corrected chi connectivity index (χ4v) is 4.43. The second-order valence-corrected chi connectivity index (χ2v) is 10.7. The number of rotatable bonds is 12. The highest BCUT2D eigenvalue weighted by Gasteiger charge is 2.19. The Balaban J connectivity index is 0.000000263. The van der Waals surface area contributed by atoms with Crippen molar-refractivity contribution in [3.63, 3.8) is 0 Å². The van der Waals surface area contributed by atoms with Crippen LogP contribution in [0.15, 0.2) is 78.9 Å². The van der Waals surface area contributed by atoms with Gasteiger partial charge < -0.3 is 19.1 Å². The van der Waals surface area contributed by atoms with E-state index in [-0.39, 0.29) is 12.6 Å². The highest BCUT2D eigenvalue weighted by atomic mass is 32.2. The van der Waals surface area contributed by atoms with Crippen LogP contribution in [0.1, 0.15) is 22.3 Å². The van der Waals surface area contributed by atoms with Crippen molar-refractivity contribution >= 4 is 21.8 Å². The van der Waals surface area contributed by atoms with Crippen LogP contribution in [0.4, 0.5) is 5.69 Å². The van der Waals surface area contributed by atoms with Gasteiger partial charge in [0.1, 0.15) is 18.1 Å². The summed E-state index contributed by atoms with van der Waals surface area (Å²) >= 11 is 0. The van der Waals surface area contributed by atoms with Gasteiger partial charge in [-0.3, -0.25) is 4.90 Å². The van der Waals surface area contributed by atoms with E-state index in [9.17, 15) is 13.2 Å². The predicted octanol–water partition coefficient (Wildman–Crippen LogP) is 4.17. The second-order valence-electron chi connectivity index (χ2n) is 9.20. The van der Waals surface area contributed by atoms with E-state index < -0.39 is 10.1 Å². The molecule has 3 aromatic rings. The van der Waals surface area contributed by atoms with Gasteiger partial charge in [-0.05, 0) is 36.8 Å². The Morgan fingerprint density at radius 3 is 2.07 bits per heavy atom. The second kappa shape index (κ2) is 16.6. The van der Waals surface area contributed by atoms with Gasteiger partial charge in [0.15, 0.2) is 0 Å². The van der Waals surface area contributed by atoms with Crippen molar-refractivity contribution in [2.75, 3.05) is 64.7 Å². The molecule has 11 heteroatoms. The number of para-hydroxylation sites is 3. The minimum Gasteiger partial charge on any atom is -0.496 e. The number of anilines is 1. The molecule has 4 rings (SSSR count). The van der Waals surface area contributed by atoms with Crippen LogP contribution in [-0.4, -0.2) is 79.1 Å². The van der Waals surface area contributed by atoms with Gasteiger partial charge in [0, 0.05) is 38.3 Å². The first kappa shape index (κ1) is 31.9. The third-order valence-electron chi connectivity index (χ3n) is 6.24. The van der Waals surface area contributed by atoms with Crippen molar-refractivity contribution in [1.29, 1.82) is 0 Å². The molecule has 1 heterocycles. The first-order valence-corrected chi connectivity index (χ1v) is 15.1. The summed E-state index contributed by atoms with van der Waals surface area (Å²) in [6, 6.07) is 24.4. The number of carbonyl (C=O) groups excluding carboxylic acids is 1. The molecule has 10 nitrogen and oxygen atoms in total. The summed E-state index contributed by atoms with van der Waals surface area (Å²) in [4.78, 5) is 21.2. The molecule has 0 saturated carbocycles. The molecule has 41 heavy (non-hydrogen) atoms. The molecular weight excluding hydrogens is 548 g/mol. The molecular formula is C30H38N2O8S. The van der Waals surface area contributed by atoms with E-state index in [1.165, 1.54) is 7.11 Å². The van der Waals surface area contributed by atoms with Crippen molar-refractivity contribution < 1.29 is 36.6 Å². The summed E-state index contributed by atoms with van der Waals surface area (Å²) in [5.41, 5.74) is 2.48. The number of piperazine rings is 1. The number of ether oxygens (including phenoxy) is 3. The van der Waals surface area contributed by atoms with Crippen molar-refractivity contribution in [3.05, 3.63) is 90.0 Å². The molecule has 0 spiro atoms. The molecule has 1 saturated heterocycles. The van der Waals surface area contributed by atoms with Gasteiger partial charge in [-0.1, -0.05) is 48.5 Å². The quantitative estimate of drug-likeness (QED) is 0.133. The van der Waals surface area contributed by atoms with Gasteiger partial charge in [-0.15, -0.1) is 4.33 Å².